The maximum absolute atomic E-state index is 13.5. The van der Waals surface area contributed by atoms with Crippen molar-refractivity contribution in [1.29, 1.82) is 0 Å². The number of β-lactam (4-membered cyclic amide) rings is 1. The summed E-state index contributed by atoms with van der Waals surface area (Å²) in [5, 5.41) is 0. The third kappa shape index (κ3) is 4.65. The monoisotopic (exact) mass is 517 g/mol. The number of carbonyl (C=O) groups is 1. The second kappa shape index (κ2) is 10.0. The van der Waals surface area contributed by atoms with Gasteiger partial charge in [0.25, 0.3) is 5.91 Å². The maximum Gasteiger partial charge on any atom is 0.270 e. The molecule has 0 radical (unpaired) electrons. The van der Waals surface area contributed by atoms with Gasteiger partial charge in [0.1, 0.15) is 35.9 Å². The maximum atomic E-state index is 13.5. The molecule has 3 aliphatic heterocycles. The van der Waals surface area contributed by atoms with Crippen LogP contribution in [0.2, 0.25) is 0 Å². The van der Waals surface area contributed by atoms with Gasteiger partial charge in [-0.15, -0.1) is 0 Å². The molecule has 3 aromatic rings. The summed E-state index contributed by atoms with van der Waals surface area (Å²) in [4.78, 5) is 15.2. The number of methoxy groups -OCH3 is 1. The highest BCUT2D eigenvalue weighted by molar-refractivity contribution is 6.05. The van der Waals surface area contributed by atoms with Gasteiger partial charge in [-0.1, -0.05) is 48.5 Å². The number of benzene rings is 3. The summed E-state index contributed by atoms with van der Waals surface area (Å²) in [5.41, 5.74) is 1.75. The van der Waals surface area contributed by atoms with Crippen LogP contribution < -0.4 is 14.4 Å². The lowest BCUT2D eigenvalue weighted by atomic mass is 9.88. The predicted molar refractivity (Wildman–Crippen MR) is 139 cm³/mol. The van der Waals surface area contributed by atoms with E-state index >= 15 is 0 Å². The van der Waals surface area contributed by atoms with Gasteiger partial charge in [0.15, 0.2) is 12.1 Å². The molecule has 1 amide bonds. The van der Waals surface area contributed by atoms with Crippen LogP contribution in [0.15, 0.2) is 84.9 Å². The quantitative estimate of drug-likeness (QED) is 0.412. The van der Waals surface area contributed by atoms with Crippen molar-refractivity contribution in [3.8, 4) is 11.5 Å². The minimum atomic E-state index is -0.806. The zero-order valence-electron chi connectivity index (χ0n) is 21.6. The molecule has 0 N–H and O–H groups in total. The van der Waals surface area contributed by atoms with Crippen LogP contribution in [-0.2, 0) is 30.3 Å². The van der Waals surface area contributed by atoms with Crippen molar-refractivity contribution in [2.75, 3.05) is 12.0 Å². The van der Waals surface area contributed by atoms with Crippen molar-refractivity contribution < 1.29 is 33.2 Å². The Balaban J connectivity index is 1.32. The molecule has 8 nitrogen and oxygen atoms in total. The number of rotatable bonds is 8. The van der Waals surface area contributed by atoms with Crippen molar-refractivity contribution in [3.63, 3.8) is 0 Å². The zero-order valence-corrected chi connectivity index (χ0v) is 21.6. The molecule has 0 saturated carbocycles. The average molecular weight is 518 g/mol. The van der Waals surface area contributed by atoms with Crippen LogP contribution in [0.5, 0.6) is 11.5 Å². The summed E-state index contributed by atoms with van der Waals surface area (Å²) in [6.07, 6.45) is -2.90. The summed E-state index contributed by atoms with van der Waals surface area (Å²) in [6, 6.07) is 26.2. The van der Waals surface area contributed by atoms with Crippen LogP contribution in [0.25, 0.3) is 0 Å². The van der Waals surface area contributed by atoms with E-state index in [-0.39, 0.29) is 5.91 Å². The number of nitrogens with zero attached hydrogens (tertiary/aromatic N) is 1. The molecule has 0 aliphatic carbocycles. The lowest BCUT2D eigenvalue weighted by Crippen LogP contribution is -2.73. The fourth-order valence-electron chi connectivity index (χ4n) is 5.35. The van der Waals surface area contributed by atoms with Crippen molar-refractivity contribution >= 4 is 11.6 Å². The van der Waals surface area contributed by atoms with E-state index in [1.54, 1.807) is 12.0 Å². The molecule has 6 rings (SSSR count). The smallest absolute Gasteiger partial charge is 0.270 e. The Bertz CT molecular complexity index is 1250. The first-order chi connectivity index (χ1) is 18.4. The van der Waals surface area contributed by atoms with Crippen molar-refractivity contribution in [2.45, 2.75) is 63.0 Å². The molecule has 6 atom stereocenters. The Kier molecular flexibility index (Phi) is 6.57. The SMILES string of the molecule is COc1ccc(N2C(=O)[C@@H](Oc3ccccc3)[C@H]2[C@@H]2O[C@@H]3OC(C)(C)O[C@H]3[C@H]2OCc2ccccc2)cc1. The van der Waals surface area contributed by atoms with Gasteiger partial charge in [-0.3, -0.25) is 9.69 Å². The number of hydrogen-bond acceptors (Lipinski definition) is 7. The second-order valence-electron chi connectivity index (χ2n) is 10.1. The van der Waals surface area contributed by atoms with Gasteiger partial charge in [-0.05, 0) is 55.8 Å². The molecule has 3 saturated heterocycles. The summed E-state index contributed by atoms with van der Waals surface area (Å²) < 4.78 is 36.8. The Morgan fingerprint density at radius 2 is 1.53 bits per heavy atom. The molecular formula is C30H31NO7. The first kappa shape index (κ1) is 24.9. The largest absolute Gasteiger partial charge is 0.497 e. The molecule has 0 bridgehead atoms. The molecule has 38 heavy (non-hydrogen) atoms. The first-order valence-electron chi connectivity index (χ1n) is 12.8. The van der Waals surface area contributed by atoms with Crippen LogP contribution in [0.3, 0.4) is 0 Å². The Morgan fingerprint density at radius 3 is 2.21 bits per heavy atom. The van der Waals surface area contributed by atoms with Crippen molar-refractivity contribution in [1.82, 2.24) is 0 Å². The molecular weight excluding hydrogens is 486 g/mol. The van der Waals surface area contributed by atoms with E-state index in [2.05, 4.69) is 0 Å². The predicted octanol–water partition coefficient (Wildman–Crippen LogP) is 4.32. The molecule has 0 aromatic heterocycles. The molecule has 3 fully saturated rings. The molecule has 3 aromatic carbocycles. The fraction of sp³-hybridized carbons (Fsp3) is 0.367. The average Bonchev–Trinajstić information content (AvgIpc) is 3.41. The third-order valence-electron chi connectivity index (χ3n) is 7.09. The summed E-state index contributed by atoms with van der Waals surface area (Å²) in [7, 11) is 1.61. The second-order valence-corrected chi connectivity index (χ2v) is 10.1. The summed E-state index contributed by atoms with van der Waals surface area (Å²) in [6.45, 7) is 4.08. The normalized spacial score (nSPS) is 29.6. The standard InChI is InChI=1S/C30H31NO7/c1-30(2)37-27-26(34-18-19-10-6-4-7-11-19)24(36-29(27)38-30)23-25(35-22-12-8-5-9-13-22)28(32)31(23)20-14-16-21(33-3)17-15-20/h4-17,23-27,29H,18H2,1-3H3/t23-,24+,25+,26+,27+,29-/m1/s1. The number of anilines is 1. The van der Waals surface area contributed by atoms with Crippen LogP contribution in [-0.4, -0.2) is 55.6 Å². The van der Waals surface area contributed by atoms with E-state index in [0.29, 0.717) is 18.1 Å². The number of fused-ring (bicyclic) bond motifs is 1. The third-order valence-corrected chi connectivity index (χ3v) is 7.09. The highest BCUT2D eigenvalue weighted by Crippen LogP contribution is 2.45. The van der Waals surface area contributed by atoms with Crippen LogP contribution >= 0.6 is 0 Å². The molecule has 3 aliphatic rings. The lowest BCUT2D eigenvalue weighted by Gasteiger charge is -2.49. The summed E-state index contributed by atoms with van der Waals surface area (Å²) >= 11 is 0. The Labute approximate surface area is 222 Å². The van der Waals surface area contributed by atoms with E-state index in [9.17, 15) is 4.79 Å². The molecule has 198 valence electrons. The van der Waals surface area contributed by atoms with Gasteiger partial charge in [0, 0.05) is 5.69 Å². The minimum Gasteiger partial charge on any atom is -0.497 e. The summed E-state index contributed by atoms with van der Waals surface area (Å²) in [5.74, 6) is 0.349. The Morgan fingerprint density at radius 1 is 0.842 bits per heavy atom. The van der Waals surface area contributed by atoms with Crippen LogP contribution in [0, 0.1) is 0 Å². The van der Waals surface area contributed by atoms with Crippen LogP contribution in [0.1, 0.15) is 19.4 Å². The Hall–Kier alpha value is -3.43. The number of para-hydroxylation sites is 1. The first-order valence-corrected chi connectivity index (χ1v) is 12.8. The highest BCUT2D eigenvalue weighted by atomic mass is 16.8. The van der Waals surface area contributed by atoms with Gasteiger partial charge in [0.2, 0.25) is 6.10 Å². The zero-order chi connectivity index (χ0) is 26.3. The lowest BCUT2D eigenvalue weighted by molar-refractivity contribution is -0.226. The fourth-order valence-corrected chi connectivity index (χ4v) is 5.35. The topological polar surface area (TPSA) is 75.7 Å². The van der Waals surface area contributed by atoms with Crippen molar-refractivity contribution in [3.05, 3.63) is 90.5 Å². The van der Waals surface area contributed by atoms with E-state index in [0.717, 1.165) is 11.3 Å². The van der Waals surface area contributed by atoms with Gasteiger partial charge >= 0.3 is 0 Å². The van der Waals surface area contributed by atoms with E-state index in [1.807, 2.05) is 98.8 Å². The molecule has 0 spiro atoms. The van der Waals surface area contributed by atoms with Gasteiger partial charge in [0.05, 0.1) is 13.7 Å². The number of hydrogen-bond donors (Lipinski definition) is 0. The van der Waals surface area contributed by atoms with E-state index in [4.69, 9.17) is 28.4 Å². The van der Waals surface area contributed by atoms with Gasteiger partial charge in [-0.25, -0.2) is 0 Å². The number of carbonyl (C=O) groups excluding carboxylic acids is 1. The molecule has 3 heterocycles. The highest BCUT2D eigenvalue weighted by Gasteiger charge is 2.64. The molecule has 0 unspecified atom stereocenters. The van der Waals surface area contributed by atoms with E-state index < -0.39 is 42.5 Å². The van der Waals surface area contributed by atoms with E-state index in [1.165, 1.54) is 0 Å². The number of amides is 1. The van der Waals surface area contributed by atoms with Crippen molar-refractivity contribution in [2.24, 2.45) is 0 Å². The molecule has 8 heteroatoms. The minimum absolute atomic E-state index is 0.159. The van der Waals surface area contributed by atoms with Gasteiger partial charge < -0.3 is 28.4 Å². The van der Waals surface area contributed by atoms with Crippen LogP contribution in [0.4, 0.5) is 5.69 Å². The number of ether oxygens (including phenoxy) is 6. The van der Waals surface area contributed by atoms with Gasteiger partial charge in [-0.2, -0.15) is 0 Å².